The molecule has 0 saturated heterocycles. The zero-order chi connectivity index (χ0) is 15.2. The maximum absolute atomic E-state index is 11.2. The number of hydrogen-bond donors (Lipinski definition) is 1. The van der Waals surface area contributed by atoms with Gasteiger partial charge in [-0.2, -0.15) is 4.98 Å². The molecule has 0 radical (unpaired) electrons. The van der Waals surface area contributed by atoms with Crippen molar-refractivity contribution in [2.24, 2.45) is 0 Å². The van der Waals surface area contributed by atoms with E-state index in [0.717, 1.165) is 25.1 Å². The molecule has 1 N–H and O–H groups in total. The highest BCUT2D eigenvalue weighted by atomic mass is 16.6. The normalized spacial score (nSPS) is 10.6. The van der Waals surface area contributed by atoms with Crippen LogP contribution in [0.4, 0.5) is 11.6 Å². The van der Waals surface area contributed by atoms with Crippen LogP contribution in [-0.2, 0) is 6.42 Å². The van der Waals surface area contributed by atoms with E-state index in [4.69, 9.17) is 0 Å². The number of hydrogen-bond acceptors (Lipinski definition) is 6. The van der Waals surface area contributed by atoms with Crippen LogP contribution >= 0.6 is 0 Å². The number of nitro groups is 1. The van der Waals surface area contributed by atoms with Crippen molar-refractivity contribution in [3.8, 4) is 5.82 Å². The molecule has 21 heavy (non-hydrogen) atoms. The average molecular weight is 290 g/mol. The molecule has 0 spiro atoms. The molecule has 2 aromatic rings. The molecule has 112 valence electrons. The molecule has 2 rings (SSSR count). The average Bonchev–Trinajstić information content (AvgIpc) is 2.93. The molecule has 0 atom stereocenters. The van der Waals surface area contributed by atoms with Gasteiger partial charge in [-0.15, -0.1) is 0 Å². The van der Waals surface area contributed by atoms with Crippen molar-refractivity contribution < 1.29 is 4.92 Å². The summed E-state index contributed by atoms with van der Waals surface area (Å²) in [7, 11) is 0. The second kappa shape index (κ2) is 6.78. The first-order chi connectivity index (χ1) is 10.2. The lowest BCUT2D eigenvalue weighted by atomic mass is 10.3. The zero-order valence-corrected chi connectivity index (χ0v) is 12.1. The van der Waals surface area contributed by atoms with Gasteiger partial charge in [0.25, 0.3) is 0 Å². The van der Waals surface area contributed by atoms with Gasteiger partial charge in [0, 0.05) is 25.4 Å². The maximum Gasteiger partial charge on any atom is 0.330 e. The molecule has 8 heteroatoms. The van der Waals surface area contributed by atoms with Gasteiger partial charge in [0.2, 0.25) is 11.8 Å². The lowest BCUT2D eigenvalue weighted by Gasteiger charge is -2.09. The summed E-state index contributed by atoms with van der Waals surface area (Å²) < 4.78 is 1.65. The summed E-state index contributed by atoms with van der Waals surface area (Å²) in [6, 6.07) is 0. The van der Waals surface area contributed by atoms with E-state index in [1.54, 1.807) is 17.0 Å². The Bertz CT molecular complexity index is 625. The Morgan fingerprint density at radius 2 is 2.14 bits per heavy atom. The lowest BCUT2D eigenvalue weighted by Crippen LogP contribution is -2.11. The third kappa shape index (κ3) is 3.33. The first-order valence-corrected chi connectivity index (χ1v) is 6.95. The highest BCUT2D eigenvalue weighted by molar-refractivity contribution is 5.49. The molecule has 0 aliphatic rings. The molecule has 2 aromatic heterocycles. The van der Waals surface area contributed by atoms with Crippen molar-refractivity contribution in [3.63, 3.8) is 0 Å². The number of nitrogens with zero attached hydrogens (tertiary/aromatic N) is 5. The largest absolute Gasteiger partial charge is 0.354 e. The van der Waals surface area contributed by atoms with Crippen molar-refractivity contribution in [2.75, 3.05) is 11.9 Å². The quantitative estimate of drug-likeness (QED) is 0.620. The molecule has 0 bridgehead atoms. The van der Waals surface area contributed by atoms with Crippen LogP contribution in [0.2, 0.25) is 0 Å². The number of aromatic nitrogens is 4. The van der Waals surface area contributed by atoms with Gasteiger partial charge in [-0.3, -0.25) is 14.7 Å². The van der Waals surface area contributed by atoms with Crippen molar-refractivity contribution in [3.05, 3.63) is 34.5 Å². The molecule has 0 fully saturated rings. The molecular weight excluding hydrogens is 272 g/mol. The molecule has 0 aliphatic heterocycles. The van der Waals surface area contributed by atoms with Gasteiger partial charge in [-0.25, -0.2) is 9.97 Å². The summed E-state index contributed by atoms with van der Waals surface area (Å²) in [4.78, 5) is 23.2. The van der Waals surface area contributed by atoms with Crippen molar-refractivity contribution in [1.29, 1.82) is 0 Å². The Balaban J connectivity index is 2.47. The first-order valence-electron chi connectivity index (χ1n) is 6.95. The predicted molar refractivity (Wildman–Crippen MR) is 78.6 cm³/mol. The van der Waals surface area contributed by atoms with Gasteiger partial charge in [0.05, 0.1) is 4.92 Å². The first kappa shape index (κ1) is 14.9. The molecular formula is C13H18N6O2. The number of imidazole rings is 1. The Morgan fingerprint density at radius 3 is 2.81 bits per heavy atom. The van der Waals surface area contributed by atoms with Crippen molar-refractivity contribution in [1.82, 2.24) is 19.5 Å². The van der Waals surface area contributed by atoms with Crippen LogP contribution in [0, 0.1) is 10.1 Å². The smallest absolute Gasteiger partial charge is 0.330 e. The Morgan fingerprint density at radius 1 is 1.33 bits per heavy atom. The molecule has 0 amide bonds. The molecule has 2 heterocycles. The number of aryl methyl sites for hydroxylation is 1. The molecule has 0 aromatic carbocycles. The van der Waals surface area contributed by atoms with Crippen LogP contribution in [0.1, 0.15) is 32.5 Å². The third-order valence-corrected chi connectivity index (χ3v) is 2.90. The van der Waals surface area contributed by atoms with E-state index in [2.05, 4.69) is 20.3 Å². The minimum atomic E-state index is -0.478. The predicted octanol–water partition coefficient (Wildman–Crippen LogP) is 2.34. The lowest BCUT2D eigenvalue weighted by molar-refractivity contribution is -0.385. The number of rotatable bonds is 7. The summed E-state index contributed by atoms with van der Waals surface area (Å²) in [5, 5.41) is 14.2. The van der Waals surface area contributed by atoms with Gasteiger partial charge in [0.15, 0.2) is 0 Å². The summed E-state index contributed by atoms with van der Waals surface area (Å²) in [6.45, 7) is 4.76. The van der Waals surface area contributed by atoms with E-state index in [-0.39, 0.29) is 11.5 Å². The van der Waals surface area contributed by atoms with E-state index in [1.807, 2.05) is 13.8 Å². The van der Waals surface area contributed by atoms with E-state index in [1.165, 1.54) is 6.20 Å². The fraction of sp³-hybridized carbons (Fsp3) is 0.462. The molecule has 0 saturated carbocycles. The second-order valence-corrected chi connectivity index (χ2v) is 4.55. The fourth-order valence-electron chi connectivity index (χ4n) is 1.93. The van der Waals surface area contributed by atoms with Crippen LogP contribution in [0.3, 0.4) is 0 Å². The minimum Gasteiger partial charge on any atom is -0.354 e. The molecule has 0 unspecified atom stereocenters. The van der Waals surface area contributed by atoms with Crippen LogP contribution < -0.4 is 5.32 Å². The van der Waals surface area contributed by atoms with Gasteiger partial charge in [-0.1, -0.05) is 13.8 Å². The van der Waals surface area contributed by atoms with E-state index in [0.29, 0.717) is 12.5 Å². The van der Waals surface area contributed by atoms with E-state index >= 15 is 0 Å². The summed E-state index contributed by atoms with van der Waals surface area (Å²) in [5.41, 5.74) is -0.132. The van der Waals surface area contributed by atoms with Gasteiger partial charge >= 0.3 is 5.69 Å². The van der Waals surface area contributed by atoms with Gasteiger partial charge < -0.3 is 5.32 Å². The van der Waals surface area contributed by atoms with Crippen molar-refractivity contribution >= 4 is 11.6 Å². The van der Waals surface area contributed by atoms with Crippen molar-refractivity contribution in [2.45, 2.75) is 33.1 Å². The SMILES string of the molecule is CCCNc1ncc([N+](=O)[O-])c(-n2ccnc2CCC)n1. The minimum absolute atomic E-state index is 0.132. The molecule has 0 aliphatic carbocycles. The highest BCUT2D eigenvalue weighted by Gasteiger charge is 2.20. The van der Waals surface area contributed by atoms with Crippen LogP contribution in [-0.4, -0.2) is 31.0 Å². The maximum atomic E-state index is 11.2. The Kier molecular flexibility index (Phi) is 4.81. The fourth-order valence-corrected chi connectivity index (χ4v) is 1.93. The summed E-state index contributed by atoms with van der Waals surface area (Å²) >= 11 is 0. The van der Waals surface area contributed by atoms with Gasteiger partial charge in [-0.05, 0) is 12.8 Å². The van der Waals surface area contributed by atoms with Crippen LogP contribution in [0.25, 0.3) is 5.82 Å². The van der Waals surface area contributed by atoms with Crippen LogP contribution in [0.5, 0.6) is 0 Å². The highest BCUT2D eigenvalue weighted by Crippen LogP contribution is 2.22. The number of anilines is 1. The van der Waals surface area contributed by atoms with Gasteiger partial charge in [0.1, 0.15) is 12.0 Å². The van der Waals surface area contributed by atoms with Crippen LogP contribution in [0.15, 0.2) is 18.6 Å². The monoisotopic (exact) mass is 290 g/mol. The third-order valence-electron chi connectivity index (χ3n) is 2.90. The summed E-state index contributed by atoms with van der Waals surface area (Å²) in [5.74, 6) is 1.38. The second-order valence-electron chi connectivity index (χ2n) is 4.55. The Labute approximate surface area is 122 Å². The standard InChI is InChI=1S/C13H18N6O2/c1-3-5-11-14-7-8-18(11)12-10(19(20)21)9-16-13(17-12)15-6-4-2/h7-9H,3-6H2,1-2H3,(H,15,16,17). The summed E-state index contributed by atoms with van der Waals surface area (Å²) in [6.07, 6.45) is 7.08. The topological polar surface area (TPSA) is 98.8 Å². The molecule has 8 nitrogen and oxygen atoms in total. The van der Waals surface area contributed by atoms with E-state index < -0.39 is 4.92 Å². The Hall–Kier alpha value is -2.51. The number of nitrogens with one attached hydrogen (secondary N) is 1. The zero-order valence-electron chi connectivity index (χ0n) is 12.1. The van der Waals surface area contributed by atoms with E-state index in [9.17, 15) is 10.1 Å².